The number of imidazole rings is 2. The quantitative estimate of drug-likeness (QED) is 0.109. The van der Waals surface area contributed by atoms with Gasteiger partial charge in [0.2, 0.25) is 5.95 Å². The summed E-state index contributed by atoms with van der Waals surface area (Å²) in [6, 6.07) is 0. The summed E-state index contributed by atoms with van der Waals surface area (Å²) < 4.78 is 57.9. The van der Waals surface area contributed by atoms with Gasteiger partial charge in [0.15, 0.2) is 35.1 Å². The van der Waals surface area contributed by atoms with E-state index >= 15 is 0 Å². The monoisotopic (exact) mass is 920 g/mol. The fourth-order valence-corrected chi connectivity index (χ4v) is 10.3. The van der Waals surface area contributed by atoms with Crippen LogP contribution in [0.1, 0.15) is 54.0 Å². The number of nitrogens with two attached hydrogens (primary N) is 2. The minimum Gasteiger partial charge on any atom is -0.386 e. The lowest BCUT2D eigenvalue weighted by atomic mass is 10.0. The Morgan fingerprint density at radius 2 is 1.52 bits per heavy atom. The Balaban J connectivity index is 0.000000373. The average Bonchev–Trinajstić information content (AvgIpc) is 4.03. The Kier molecular flexibility index (Phi) is 15.1. The number of ether oxygens (including phenoxy) is 3. The van der Waals surface area contributed by atoms with Crippen LogP contribution in [0.5, 0.6) is 0 Å². The van der Waals surface area contributed by atoms with Crippen LogP contribution in [0.2, 0.25) is 0 Å². The Morgan fingerprint density at radius 1 is 0.900 bits per heavy atom. The molecule has 0 aromatic carbocycles. The Hall–Kier alpha value is -2.71. The van der Waals surface area contributed by atoms with Crippen LogP contribution in [0.25, 0.3) is 22.3 Å². The van der Waals surface area contributed by atoms with E-state index in [1.165, 1.54) is 62.8 Å². The number of nitrogens with zero attached hydrogens (tertiary/aromatic N) is 9. The van der Waals surface area contributed by atoms with E-state index in [1.807, 2.05) is 0 Å². The first-order valence-corrected chi connectivity index (χ1v) is 24.9. The maximum Gasteiger partial charge on any atom is 0.386 e. The predicted octanol–water partition coefficient (Wildman–Crippen LogP) is 1.82. The molecule has 4 aromatic heterocycles. The second-order valence-corrected chi connectivity index (χ2v) is 19.8. The molecule has 0 saturated carbocycles. The fourth-order valence-electron chi connectivity index (χ4n) is 7.33. The fraction of sp³-hybridized carbons (Fsp3) is 0.697. The lowest BCUT2D eigenvalue weighted by Gasteiger charge is -2.34. The minimum absolute atomic E-state index is 0.000824. The molecule has 4 aliphatic heterocycles. The molecule has 23 nitrogen and oxygen atoms in total. The lowest BCUT2D eigenvalue weighted by molar-refractivity contribution is -0.183. The molecule has 7 N–H and O–H groups in total. The van der Waals surface area contributed by atoms with Crippen molar-refractivity contribution in [3.8, 4) is 0 Å². The summed E-state index contributed by atoms with van der Waals surface area (Å²) in [5.41, 5.74) is 10.1. The predicted molar refractivity (Wildman–Crippen MR) is 226 cm³/mol. The van der Waals surface area contributed by atoms with Gasteiger partial charge in [-0.05, 0) is 51.1 Å². The van der Waals surface area contributed by atoms with E-state index in [-0.39, 0.29) is 29.5 Å². The van der Waals surface area contributed by atoms with Crippen molar-refractivity contribution in [2.24, 2.45) is 0 Å². The zero-order valence-electron chi connectivity index (χ0n) is 34.1. The molecule has 4 aliphatic rings. The highest BCUT2D eigenvalue weighted by atomic mass is 32.7. The zero-order chi connectivity index (χ0) is 43.6. The van der Waals surface area contributed by atoms with Gasteiger partial charge in [-0.1, -0.05) is 53.8 Å². The molecule has 8 rings (SSSR count). The third-order valence-corrected chi connectivity index (χ3v) is 13.9. The van der Waals surface area contributed by atoms with Crippen molar-refractivity contribution in [2.45, 2.75) is 90.1 Å². The van der Waals surface area contributed by atoms with Gasteiger partial charge >= 0.3 is 13.5 Å². The van der Waals surface area contributed by atoms with Crippen molar-refractivity contribution in [3.05, 3.63) is 29.3 Å². The number of rotatable bonds is 8. The number of hydrogen-bond acceptors (Lipinski definition) is 20. The molecule has 334 valence electrons. The van der Waals surface area contributed by atoms with Crippen molar-refractivity contribution in [1.29, 1.82) is 0 Å². The van der Waals surface area contributed by atoms with Crippen LogP contribution in [0.3, 0.4) is 0 Å². The number of nitrogens with one attached hydrogen (secondary N) is 1. The lowest BCUT2D eigenvalue weighted by Crippen LogP contribution is -2.46. The van der Waals surface area contributed by atoms with Crippen molar-refractivity contribution < 1.29 is 46.9 Å². The molecular formula is C33H54N12O11P2S2. The highest BCUT2D eigenvalue weighted by Gasteiger charge is 2.65. The third-order valence-electron chi connectivity index (χ3n) is 10.7. The highest BCUT2D eigenvalue weighted by Crippen LogP contribution is 2.61. The standard InChI is InChI=1S/C21H24N10O11P2S2.2C6H15N/c22-14-8-15(25-4-24-14)30(5-26-8)19-12-13-21(40-19,2-36-12)3-38-44(35,46)41-11-7(1-37-43(34,45)42-13)39-18(10(11)32)31-6-27-9-16(31)28-20(23)29-17(9)33;2*1-4-7(5-2)6-3/h4-7,10-13,18-19,32H,1-3H2,(H,34,45)(H,35,46)(H2,22,24,25)(H3,23,28,29,33);2*4-6H2,1-3H3/t7-,10-,11-,12-,13+,18-,19-,21-,43?,44?;;/m1../s1. The van der Waals surface area contributed by atoms with E-state index in [4.69, 9.17) is 55.6 Å². The van der Waals surface area contributed by atoms with Gasteiger partial charge in [0.05, 0.1) is 32.5 Å². The molecular weight excluding hydrogens is 867 g/mol. The van der Waals surface area contributed by atoms with Crippen LogP contribution in [0.4, 0.5) is 11.8 Å². The zero-order valence-corrected chi connectivity index (χ0v) is 37.6. The van der Waals surface area contributed by atoms with Crippen LogP contribution < -0.4 is 17.0 Å². The maximum absolute atomic E-state index is 13.6. The summed E-state index contributed by atoms with van der Waals surface area (Å²) in [6.07, 6.45) is -4.49. The third kappa shape index (κ3) is 9.75. The second-order valence-electron chi connectivity index (χ2n) is 14.1. The van der Waals surface area contributed by atoms with Crippen LogP contribution in [0, 0.1) is 0 Å². The van der Waals surface area contributed by atoms with Gasteiger partial charge in [0.25, 0.3) is 5.56 Å². The van der Waals surface area contributed by atoms with E-state index in [0.29, 0.717) is 11.2 Å². The van der Waals surface area contributed by atoms with Crippen molar-refractivity contribution in [3.63, 3.8) is 0 Å². The molecule has 2 unspecified atom stereocenters. The number of thiol groups is 1. The highest BCUT2D eigenvalue weighted by molar-refractivity contribution is 8.44. The van der Waals surface area contributed by atoms with Crippen LogP contribution in [-0.4, -0.2) is 154 Å². The first-order chi connectivity index (χ1) is 28.5. The van der Waals surface area contributed by atoms with E-state index in [0.717, 1.165) is 0 Å². The van der Waals surface area contributed by atoms with E-state index in [1.54, 1.807) is 4.57 Å². The minimum atomic E-state index is -4.22. The van der Waals surface area contributed by atoms with Crippen molar-refractivity contribution in [2.75, 3.05) is 70.6 Å². The molecule has 2 bridgehead atoms. The summed E-state index contributed by atoms with van der Waals surface area (Å²) in [6.45, 7) is 10.8. The van der Waals surface area contributed by atoms with Crippen molar-refractivity contribution >= 4 is 71.7 Å². The largest absolute Gasteiger partial charge is 0.386 e. The van der Waals surface area contributed by atoms with Gasteiger partial charge in [0.1, 0.15) is 48.0 Å². The van der Waals surface area contributed by atoms with Gasteiger partial charge in [-0.2, -0.15) is 4.98 Å². The topological polar surface area (TPSA) is 288 Å². The maximum atomic E-state index is 13.6. The molecule has 0 aliphatic carbocycles. The number of aromatic nitrogens is 8. The number of aliphatic hydroxyl groups is 1. The second kappa shape index (κ2) is 19.4. The number of aliphatic hydroxyl groups excluding tert-OH is 1. The van der Waals surface area contributed by atoms with E-state index < -0.39 is 80.9 Å². The van der Waals surface area contributed by atoms with E-state index in [9.17, 15) is 19.4 Å². The molecule has 4 aromatic rings. The molecule has 4 saturated heterocycles. The number of fused-ring (bicyclic) bond motifs is 3. The summed E-state index contributed by atoms with van der Waals surface area (Å²) in [7, 11) is 0. The molecule has 0 amide bonds. The molecule has 60 heavy (non-hydrogen) atoms. The average molecular weight is 921 g/mol. The van der Waals surface area contributed by atoms with Crippen LogP contribution in [-0.2, 0) is 48.7 Å². The Bertz CT molecular complexity index is 2220. The number of hydrogen-bond donors (Lipinski definition) is 6. The summed E-state index contributed by atoms with van der Waals surface area (Å²) in [5, 5.41) is 11.3. The number of H-pyrrole nitrogens is 1. The molecule has 27 heteroatoms. The first kappa shape index (κ1) is 46.8. The summed E-state index contributed by atoms with van der Waals surface area (Å²) in [5.74, 6) is -0.0487. The number of aromatic amines is 1. The Labute approximate surface area is 356 Å². The van der Waals surface area contributed by atoms with Gasteiger partial charge in [-0.3, -0.25) is 32.5 Å². The smallest absolute Gasteiger partial charge is 0.386 e. The van der Waals surface area contributed by atoms with E-state index in [2.05, 4.69) is 93.5 Å². The van der Waals surface area contributed by atoms with Crippen LogP contribution >= 0.6 is 25.8 Å². The van der Waals surface area contributed by atoms with Gasteiger partial charge in [-0.25, -0.2) is 24.5 Å². The summed E-state index contributed by atoms with van der Waals surface area (Å²) in [4.78, 5) is 51.1. The SMILES string of the molecule is CCN(CC)CC.CCN(CC)CC.Nc1nc2c(ncn2[C@@H]2O[C@@H]3COP(=O)(S)O[C@H]4[C@H]5OC[C@]4(COP(O)(=S)O[C@H]3[C@H]2O)O[C@H]5n2cnc3c(N)ncnc32)c(=O)[nH]1. The Morgan fingerprint density at radius 3 is 2.13 bits per heavy atom. The number of nitrogen functional groups attached to an aromatic ring is 2. The van der Waals surface area contributed by atoms with Gasteiger partial charge < -0.3 is 50.0 Å². The molecule has 10 atom stereocenters. The first-order valence-electron chi connectivity index (χ1n) is 19.6. The molecule has 0 radical (unpaired) electrons. The number of anilines is 2. The summed E-state index contributed by atoms with van der Waals surface area (Å²) >= 11 is 9.51. The molecule has 8 heterocycles. The van der Waals surface area contributed by atoms with Gasteiger partial charge in [0, 0.05) is 0 Å². The van der Waals surface area contributed by atoms with Crippen molar-refractivity contribution in [1.82, 2.24) is 48.8 Å². The normalized spacial score (nSPS) is 32.8. The molecule has 0 spiro atoms. The molecule has 4 fully saturated rings. The van der Waals surface area contributed by atoms with Crippen LogP contribution in [0.15, 0.2) is 23.8 Å². The van der Waals surface area contributed by atoms with Gasteiger partial charge in [-0.15, -0.1) is 0 Å².